The normalized spacial score (nSPS) is 12.9. The topological polar surface area (TPSA) is 123 Å². The van der Waals surface area contributed by atoms with Gasteiger partial charge in [0.1, 0.15) is 6.04 Å². The molecule has 5 N–H and O–H groups in total. The number of hydrogen-bond acceptors (Lipinski definition) is 4. The van der Waals surface area contributed by atoms with E-state index in [0.29, 0.717) is 16.7 Å². The number of sulfonamides is 1. The summed E-state index contributed by atoms with van der Waals surface area (Å²) in [4.78, 5) is 10.7. The van der Waals surface area contributed by atoms with Gasteiger partial charge in [-0.1, -0.05) is 30.9 Å². The van der Waals surface area contributed by atoms with Crippen molar-refractivity contribution in [1.82, 2.24) is 0 Å². The zero-order valence-electron chi connectivity index (χ0n) is 10.2. The Morgan fingerprint density at radius 3 is 2.58 bits per heavy atom. The average Bonchev–Trinajstić information content (AvgIpc) is 2.29. The molecule has 0 aliphatic heterocycles. The van der Waals surface area contributed by atoms with Gasteiger partial charge in [0.15, 0.2) is 0 Å². The molecule has 0 aromatic heterocycles. The van der Waals surface area contributed by atoms with Crippen molar-refractivity contribution in [2.24, 2.45) is 10.9 Å². The molecular weight excluding hydrogens is 268 g/mol. The SMILES string of the molecule is C=Cc1cc(CC(N)C(=O)O)ccc1CS(N)(=O)=O. The molecule has 0 saturated heterocycles. The van der Waals surface area contributed by atoms with E-state index in [1.807, 2.05) is 0 Å². The summed E-state index contributed by atoms with van der Waals surface area (Å²) in [5.74, 6) is -1.38. The van der Waals surface area contributed by atoms with Crippen LogP contribution in [0.15, 0.2) is 24.8 Å². The van der Waals surface area contributed by atoms with Crippen LogP contribution in [0.3, 0.4) is 0 Å². The van der Waals surface area contributed by atoms with Crippen molar-refractivity contribution < 1.29 is 18.3 Å². The molecule has 0 radical (unpaired) electrons. The van der Waals surface area contributed by atoms with E-state index in [-0.39, 0.29) is 12.2 Å². The fourth-order valence-electron chi connectivity index (χ4n) is 1.65. The summed E-state index contributed by atoms with van der Waals surface area (Å²) in [6.07, 6.45) is 1.65. The third-order valence-electron chi connectivity index (χ3n) is 2.56. The Hall–Kier alpha value is -1.70. The summed E-state index contributed by atoms with van der Waals surface area (Å²) in [6, 6.07) is 3.89. The summed E-state index contributed by atoms with van der Waals surface area (Å²) < 4.78 is 22.1. The van der Waals surface area contributed by atoms with Crippen LogP contribution in [0.25, 0.3) is 6.08 Å². The summed E-state index contributed by atoms with van der Waals surface area (Å²) in [7, 11) is -3.63. The lowest BCUT2D eigenvalue weighted by Crippen LogP contribution is -2.32. The van der Waals surface area contributed by atoms with E-state index in [2.05, 4.69) is 6.58 Å². The molecule has 0 saturated carbocycles. The fourth-order valence-corrected chi connectivity index (χ4v) is 2.35. The zero-order chi connectivity index (χ0) is 14.6. The van der Waals surface area contributed by atoms with Crippen molar-refractivity contribution in [1.29, 1.82) is 0 Å². The van der Waals surface area contributed by atoms with Crippen LogP contribution in [0.2, 0.25) is 0 Å². The van der Waals surface area contributed by atoms with E-state index < -0.39 is 22.0 Å². The summed E-state index contributed by atoms with van der Waals surface area (Å²) >= 11 is 0. The van der Waals surface area contributed by atoms with Crippen LogP contribution >= 0.6 is 0 Å². The first kappa shape index (κ1) is 15.4. The van der Waals surface area contributed by atoms with E-state index >= 15 is 0 Å². The molecule has 6 nitrogen and oxygen atoms in total. The smallest absolute Gasteiger partial charge is 0.320 e. The van der Waals surface area contributed by atoms with Crippen molar-refractivity contribution in [3.63, 3.8) is 0 Å². The highest BCUT2D eigenvalue weighted by molar-refractivity contribution is 7.88. The molecule has 104 valence electrons. The van der Waals surface area contributed by atoms with Crippen molar-refractivity contribution in [2.45, 2.75) is 18.2 Å². The van der Waals surface area contributed by atoms with Gasteiger partial charge in [-0.3, -0.25) is 4.79 Å². The van der Waals surface area contributed by atoms with Crippen LogP contribution in [0.1, 0.15) is 16.7 Å². The van der Waals surface area contributed by atoms with Crippen LogP contribution < -0.4 is 10.9 Å². The third kappa shape index (κ3) is 4.82. The van der Waals surface area contributed by atoms with E-state index in [9.17, 15) is 13.2 Å². The number of nitrogens with two attached hydrogens (primary N) is 2. The first-order valence-electron chi connectivity index (χ1n) is 5.46. The molecule has 0 amide bonds. The molecule has 1 atom stereocenters. The van der Waals surface area contributed by atoms with Gasteiger partial charge in [-0.25, -0.2) is 13.6 Å². The lowest BCUT2D eigenvalue weighted by Gasteiger charge is -2.10. The fraction of sp³-hybridized carbons (Fsp3) is 0.250. The van der Waals surface area contributed by atoms with Gasteiger partial charge in [-0.05, 0) is 23.1 Å². The maximum atomic E-state index is 11.1. The second-order valence-corrected chi connectivity index (χ2v) is 5.81. The monoisotopic (exact) mass is 284 g/mol. The van der Waals surface area contributed by atoms with Crippen molar-refractivity contribution in [3.8, 4) is 0 Å². The second kappa shape index (κ2) is 5.96. The number of hydrogen-bond donors (Lipinski definition) is 3. The van der Waals surface area contributed by atoms with E-state index in [1.54, 1.807) is 18.2 Å². The minimum atomic E-state index is -3.63. The van der Waals surface area contributed by atoms with Crippen LogP contribution in [0, 0.1) is 0 Å². The first-order valence-corrected chi connectivity index (χ1v) is 7.17. The third-order valence-corrected chi connectivity index (χ3v) is 3.27. The number of aliphatic carboxylic acids is 1. The Kier molecular flexibility index (Phi) is 4.82. The van der Waals surface area contributed by atoms with E-state index in [1.165, 1.54) is 6.08 Å². The summed E-state index contributed by atoms with van der Waals surface area (Å²) in [5, 5.41) is 13.7. The highest BCUT2D eigenvalue weighted by atomic mass is 32.2. The average molecular weight is 284 g/mol. The number of rotatable bonds is 6. The number of carbonyl (C=O) groups is 1. The van der Waals surface area contributed by atoms with Gasteiger partial charge in [0.25, 0.3) is 0 Å². The minimum Gasteiger partial charge on any atom is -0.480 e. The molecule has 1 rings (SSSR count). The largest absolute Gasteiger partial charge is 0.480 e. The highest BCUT2D eigenvalue weighted by Gasteiger charge is 2.14. The maximum absolute atomic E-state index is 11.1. The molecule has 0 aliphatic carbocycles. The molecule has 19 heavy (non-hydrogen) atoms. The number of benzene rings is 1. The molecule has 1 unspecified atom stereocenters. The van der Waals surface area contributed by atoms with Crippen molar-refractivity contribution >= 4 is 22.1 Å². The van der Waals surface area contributed by atoms with Gasteiger partial charge in [-0.15, -0.1) is 0 Å². The molecule has 0 fully saturated rings. The Bertz CT molecular complexity index is 596. The second-order valence-electron chi connectivity index (χ2n) is 4.19. The van der Waals surface area contributed by atoms with Gasteiger partial charge in [0, 0.05) is 0 Å². The first-order chi connectivity index (χ1) is 8.73. The number of carboxylic acids is 1. The minimum absolute atomic E-state index is 0.159. The molecule has 0 bridgehead atoms. The lowest BCUT2D eigenvalue weighted by atomic mass is 10.0. The summed E-state index contributed by atoms with van der Waals surface area (Å²) in [6.45, 7) is 3.59. The maximum Gasteiger partial charge on any atom is 0.320 e. The predicted octanol–water partition coefficient (Wildman–Crippen LogP) is 0.0725. The molecule has 0 heterocycles. The standard InChI is InChI=1S/C12H16N2O4S/c1-2-9-5-8(6-11(13)12(15)16)3-4-10(9)7-19(14,17)18/h2-5,11H,1,6-7,13H2,(H,15,16)(H2,14,17,18). The van der Waals surface area contributed by atoms with E-state index in [0.717, 1.165) is 0 Å². The van der Waals surface area contributed by atoms with Crippen molar-refractivity contribution in [3.05, 3.63) is 41.5 Å². The lowest BCUT2D eigenvalue weighted by molar-refractivity contribution is -0.138. The Morgan fingerprint density at radius 2 is 2.11 bits per heavy atom. The Morgan fingerprint density at radius 1 is 1.47 bits per heavy atom. The van der Waals surface area contributed by atoms with Gasteiger partial charge >= 0.3 is 5.97 Å². The molecular formula is C12H16N2O4S. The van der Waals surface area contributed by atoms with Gasteiger partial charge < -0.3 is 10.8 Å². The number of carboxylic acid groups (broad SMARTS) is 1. The van der Waals surface area contributed by atoms with Crippen LogP contribution in [0.5, 0.6) is 0 Å². The predicted molar refractivity (Wildman–Crippen MR) is 72.7 cm³/mol. The molecule has 0 spiro atoms. The molecule has 0 aliphatic rings. The summed E-state index contributed by atoms with van der Waals surface area (Å²) in [5.41, 5.74) is 7.26. The van der Waals surface area contributed by atoms with Gasteiger partial charge in [0.2, 0.25) is 10.0 Å². The van der Waals surface area contributed by atoms with Crippen LogP contribution in [-0.2, 0) is 27.0 Å². The molecule has 1 aromatic carbocycles. The van der Waals surface area contributed by atoms with Gasteiger partial charge in [-0.2, -0.15) is 0 Å². The molecule has 1 aromatic rings. The Labute approximate surface area is 111 Å². The van der Waals surface area contributed by atoms with Crippen LogP contribution in [-0.4, -0.2) is 25.5 Å². The zero-order valence-corrected chi connectivity index (χ0v) is 11.1. The number of primary sulfonamides is 1. The van der Waals surface area contributed by atoms with Gasteiger partial charge in [0.05, 0.1) is 5.75 Å². The Balaban J connectivity index is 3.02. The van der Waals surface area contributed by atoms with Crippen LogP contribution in [0.4, 0.5) is 0 Å². The van der Waals surface area contributed by atoms with E-state index in [4.69, 9.17) is 16.0 Å². The highest BCUT2D eigenvalue weighted by Crippen LogP contribution is 2.16. The van der Waals surface area contributed by atoms with Crippen molar-refractivity contribution in [2.75, 3.05) is 0 Å². The quantitative estimate of drug-likeness (QED) is 0.682. The molecule has 7 heteroatoms.